The predicted molar refractivity (Wildman–Crippen MR) is 129 cm³/mol. The number of likely N-dealkylation sites (N-methyl/N-ethyl adjacent to an activating group) is 1. The Morgan fingerprint density at radius 3 is 2.54 bits per heavy atom. The number of carbonyl (C=O) groups is 2. The van der Waals surface area contributed by atoms with Gasteiger partial charge in [-0.1, -0.05) is 18.2 Å². The topological polar surface area (TPSA) is 98.8 Å². The number of nitrogens with one attached hydrogen (secondary N) is 1. The van der Waals surface area contributed by atoms with Crippen LogP contribution in [0.3, 0.4) is 0 Å². The first-order valence-electron chi connectivity index (χ1n) is 11.3. The van der Waals surface area contributed by atoms with Gasteiger partial charge >= 0.3 is 0 Å². The van der Waals surface area contributed by atoms with Gasteiger partial charge in [0.25, 0.3) is 5.91 Å². The van der Waals surface area contributed by atoms with Gasteiger partial charge in [0.15, 0.2) is 17.3 Å². The summed E-state index contributed by atoms with van der Waals surface area (Å²) in [6.45, 7) is 2.99. The van der Waals surface area contributed by atoms with E-state index in [0.29, 0.717) is 54.1 Å². The molecule has 1 aliphatic rings. The van der Waals surface area contributed by atoms with E-state index < -0.39 is 0 Å². The monoisotopic (exact) mass is 472 g/mol. The first-order chi connectivity index (χ1) is 17.1. The van der Waals surface area contributed by atoms with Crippen LogP contribution in [0, 0.1) is 0 Å². The average Bonchev–Trinajstić information content (AvgIpc) is 3.58. The van der Waals surface area contributed by atoms with Crippen LogP contribution in [0.4, 0.5) is 5.69 Å². The van der Waals surface area contributed by atoms with E-state index in [4.69, 9.17) is 13.9 Å². The summed E-state index contributed by atoms with van der Waals surface area (Å²) >= 11 is 0. The Labute approximate surface area is 201 Å². The lowest BCUT2D eigenvalue weighted by atomic mass is 10.2. The number of ether oxygens (including phenoxy) is 2. The van der Waals surface area contributed by atoms with Gasteiger partial charge in [0, 0.05) is 24.4 Å². The van der Waals surface area contributed by atoms with E-state index in [0.717, 1.165) is 5.69 Å². The lowest BCUT2D eigenvalue weighted by molar-refractivity contribution is -0.116. The molecule has 4 aromatic rings. The van der Waals surface area contributed by atoms with Crippen molar-refractivity contribution in [3.63, 3.8) is 0 Å². The summed E-state index contributed by atoms with van der Waals surface area (Å²) in [6.07, 6.45) is 1.55. The fourth-order valence-corrected chi connectivity index (χ4v) is 3.83. The standard InChI is InChI=1S/C26H24N4O5/c1-2-29(17-25(31)27-18-10-11-23-24(15-18)35-14-13-34-23)26(32)21-16-20(22-9-6-12-33-22)28-30(21)19-7-4-3-5-8-19/h3-12,15-16H,2,13-14,17H2,1H3,(H,27,31). The lowest BCUT2D eigenvalue weighted by Crippen LogP contribution is -2.38. The first kappa shape index (κ1) is 22.3. The van der Waals surface area contributed by atoms with Crippen LogP contribution in [-0.2, 0) is 4.79 Å². The van der Waals surface area contributed by atoms with Gasteiger partial charge in [0.05, 0.1) is 12.0 Å². The fourth-order valence-electron chi connectivity index (χ4n) is 3.83. The molecule has 178 valence electrons. The third-order valence-corrected chi connectivity index (χ3v) is 5.53. The van der Waals surface area contributed by atoms with Crippen molar-refractivity contribution in [2.24, 2.45) is 0 Å². The molecule has 1 aliphatic heterocycles. The number of benzene rings is 2. The number of furan rings is 1. The van der Waals surface area contributed by atoms with Gasteiger partial charge in [0.2, 0.25) is 5.91 Å². The van der Waals surface area contributed by atoms with Gasteiger partial charge in [0.1, 0.15) is 31.1 Å². The summed E-state index contributed by atoms with van der Waals surface area (Å²) in [7, 11) is 0. The highest BCUT2D eigenvalue weighted by atomic mass is 16.6. The van der Waals surface area contributed by atoms with Crippen molar-refractivity contribution in [1.82, 2.24) is 14.7 Å². The molecule has 9 nitrogen and oxygen atoms in total. The number of carbonyl (C=O) groups excluding carboxylic acids is 2. The molecule has 0 unspecified atom stereocenters. The summed E-state index contributed by atoms with van der Waals surface area (Å²) < 4.78 is 18.1. The van der Waals surface area contributed by atoms with Crippen molar-refractivity contribution in [2.75, 3.05) is 31.6 Å². The maximum absolute atomic E-state index is 13.6. The Morgan fingerprint density at radius 2 is 1.80 bits per heavy atom. The fraction of sp³-hybridized carbons (Fsp3) is 0.192. The van der Waals surface area contributed by atoms with Crippen molar-refractivity contribution in [1.29, 1.82) is 0 Å². The van der Waals surface area contributed by atoms with E-state index >= 15 is 0 Å². The van der Waals surface area contributed by atoms with Crippen molar-refractivity contribution < 1.29 is 23.5 Å². The lowest BCUT2D eigenvalue weighted by Gasteiger charge is -2.21. The number of hydrogen-bond donors (Lipinski definition) is 1. The van der Waals surface area contributed by atoms with Gasteiger partial charge in [-0.15, -0.1) is 0 Å². The van der Waals surface area contributed by atoms with Crippen LogP contribution in [0.1, 0.15) is 17.4 Å². The van der Waals surface area contributed by atoms with Gasteiger partial charge in [-0.3, -0.25) is 9.59 Å². The van der Waals surface area contributed by atoms with Crippen LogP contribution >= 0.6 is 0 Å². The molecule has 0 radical (unpaired) electrons. The van der Waals surface area contributed by atoms with E-state index in [1.165, 1.54) is 4.90 Å². The first-order valence-corrected chi connectivity index (χ1v) is 11.3. The maximum Gasteiger partial charge on any atom is 0.273 e. The highest BCUT2D eigenvalue weighted by Gasteiger charge is 2.24. The molecule has 3 heterocycles. The molecule has 0 fully saturated rings. The second-order valence-corrected chi connectivity index (χ2v) is 7.87. The minimum Gasteiger partial charge on any atom is -0.486 e. The molecule has 0 saturated carbocycles. The maximum atomic E-state index is 13.6. The molecule has 2 aromatic heterocycles. The van der Waals surface area contributed by atoms with Crippen LogP contribution in [0.2, 0.25) is 0 Å². The molecule has 9 heteroatoms. The highest BCUT2D eigenvalue weighted by molar-refractivity contribution is 5.99. The van der Waals surface area contributed by atoms with Crippen LogP contribution in [0.5, 0.6) is 11.5 Å². The number of aromatic nitrogens is 2. The Morgan fingerprint density at radius 1 is 1.00 bits per heavy atom. The van der Waals surface area contributed by atoms with Gasteiger partial charge < -0.3 is 24.1 Å². The molecule has 0 atom stereocenters. The molecule has 0 bridgehead atoms. The van der Waals surface area contributed by atoms with E-state index in [1.54, 1.807) is 47.3 Å². The minimum absolute atomic E-state index is 0.125. The van der Waals surface area contributed by atoms with Crippen molar-refractivity contribution >= 4 is 17.5 Å². The molecular weight excluding hydrogens is 448 g/mol. The molecule has 2 amide bonds. The van der Waals surface area contributed by atoms with E-state index in [2.05, 4.69) is 10.4 Å². The quantitative estimate of drug-likeness (QED) is 0.437. The zero-order chi connectivity index (χ0) is 24.2. The number of amides is 2. The third-order valence-electron chi connectivity index (χ3n) is 5.53. The van der Waals surface area contributed by atoms with Gasteiger partial charge in [-0.05, 0) is 43.3 Å². The smallest absolute Gasteiger partial charge is 0.273 e. The predicted octanol–water partition coefficient (Wildman–Crippen LogP) is 4.00. The second-order valence-electron chi connectivity index (χ2n) is 7.87. The third kappa shape index (κ3) is 4.74. The van der Waals surface area contributed by atoms with E-state index in [1.807, 2.05) is 37.3 Å². The second kappa shape index (κ2) is 9.76. The summed E-state index contributed by atoms with van der Waals surface area (Å²) in [4.78, 5) is 27.8. The number of nitrogens with zero attached hydrogens (tertiary/aromatic N) is 3. The normalized spacial score (nSPS) is 12.3. The summed E-state index contributed by atoms with van der Waals surface area (Å²) in [6, 6.07) is 19.8. The van der Waals surface area contributed by atoms with Gasteiger partial charge in [-0.25, -0.2) is 4.68 Å². The van der Waals surface area contributed by atoms with E-state index in [9.17, 15) is 9.59 Å². The van der Waals surface area contributed by atoms with Crippen LogP contribution in [0.25, 0.3) is 17.1 Å². The Bertz CT molecular complexity index is 1330. The summed E-state index contributed by atoms with van der Waals surface area (Å²) in [5.74, 6) is 1.12. The van der Waals surface area contributed by atoms with Crippen molar-refractivity contribution in [3.8, 4) is 28.6 Å². The number of rotatable bonds is 7. The largest absolute Gasteiger partial charge is 0.486 e. The van der Waals surface area contributed by atoms with Crippen molar-refractivity contribution in [3.05, 3.63) is 78.7 Å². The number of hydrogen-bond acceptors (Lipinski definition) is 6. The molecular formula is C26H24N4O5. The Hall–Kier alpha value is -4.53. The number of para-hydroxylation sites is 1. The zero-order valence-corrected chi connectivity index (χ0v) is 19.1. The Kier molecular flexibility index (Phi) is 6.21. The molecule has 0 aliphatic carbocycles. The van der Waals surface area contributed by atoms with Crippen LogP contribution < -0.4 is 14.8 Å². The molecule has 35 heavy (non-hydrogen) atoms. The number of anilines is 1. The number of fused-ring (bicyclic) bond motifs is 1. The van der Waals surface area contributed by atoms with Gasteiger partial charge in [-0.2, -0.15) is 5.10 Å². The van der Waals surface area contributed by atoms with Crippen LogP contribution in [-0.4, -0.2) is 52.8 Å². The Balaban J connectivity index is 1.37. The summed E-state index contributed by atoms with van der Waals surface area (Å²) in [5, 5.41) is 7.43. The highest BCUT2D eigenvalue weighted by Crippen LogP contribution is 2.32. The molecule has 2 aromatic carbocycles. The zero-order valence-electron chi connectivity index (χ0n) is 19.1. The van der Waals surface area contributed by atoms with E-state index in [-0.39, 0.29) is 18.4 Å². The molecule has 0 spiro atoms. The average molecular weight is 473 g/mol. The van der Waals surface area contributed by atoms with Crippen LogP contribution in [0.15, 0.2) is 77.4 Å². The SMILES string of the molecule is CCN(CC(=O)Nc1ccc2c(c1)OCCO2)C(=O)c1cc(-c2ccco2)nn1-c1ccccc1. The minimum atomic E-state index is -0.325. The molecule has 0 saturated heterocycles. The van der Waals surface area contributed by atoms with Crippen molar-refractivity contribution in [2.45, 2.75) is 6.92 Å². The molecule has 1 N–H and O–H groups in total. The molecule has 5 rings (SSSR count). The summed E-state index contributed by atoms with van der Waals surface area (Å²) in [5.41, 5.74) is 2.15.